The van der Waals surface area contributed by atoms with Crippen molar-refractivity contribution in [3.05, 3.63) is 75.4 Å². The molecule has 0 aromatic carbocycles. The van der Waals surface area contributed by atoms with E-state index in [1.807, 2.05) is 39.8 Å². The predicted molar refractivity (Wildman–Crippen MR) is 191 cm³/mol. The van der Waals surface area contributed by atoms with E-state index in [0.717, 1.165) is 44.3 Å². The van der Waals surface area contributed by atoms with Crippen LogP contribution in [-0.2, 0) is 36.3 Å². The summed E-state index contributed by atoms with van der Waals surface area (Å²) in [6.07, 6.45) is 1.98. The van der Waals surface area contributed by atoms with Gasteiger partial charge in [-0.2, -0.15) is 0 Å². The number of amides is 1. The van der Waals surface area contributed by atoms with Crippen molar-refractivity contribution in [2.75, 3.05) is 13.2 Å². The second-order valence-corrected chi connectivity index (χ2v) is 13.9. The van der Waals surface area contributed by atoms with E-state index in [9.17, 15) is 34.1 Å². The smallest absolute Gasteiger partial charge is 0.338 e. The zero-order valence-electron chi connectivity index (χ0n) is 29.0. The molecule has 270 valence electrons. The zero-order valence-corrected chi connectivity index (χ0v) is 29.9. The zero-order chi connectivity index (χ0) is 37.4. The molecule has 3 aromatic rings. The summed E-state index contributed by atoms with van der Waals surface area (Å²) in [6.45, 7) is 12.8. The highest BCUT2D eigenvalue weighted by atomic mass is 31.2. The average molecular weight is 719 g/mol. The summed E-state index contributed by atoms with van der Waals surface area (Å²) < 4.78 is 15.4. The summed E-state index contributed by atoms with van der Waals surface area (Å²) in [5.41, 5.74) is 8.78. The van der Waals surface area contributed by atoms with Crippen LogP contribution in [0.3, 0.4) is 0 Å². The number of hydrogen-bond donors (Lipinski definition) is 6. The molecule has 0 spiro atoms. The van der Waals surface area contributed by atoms with Gasteiger partial charge in [-0.25, -0.2) is 9.78 Å². The molecule has 3 aromatic heterocycles. The molecular weight excluding hydrogens is 677 g/mol. The number of carboxylic acids is 2. The molecule has 0 aliphatic carbocycles. The van der Waals surface area contributed by atoms with Crippen molar-refractivity contribution in [3.8, 4) is 0 Å². The third-order valence-corrected chi connectivity index (χ3v) is 10.1. The summed E-state index contributed by atoms with van der Waals surface area (Å²) in [5.74, 6) is -3.78. The van der Waals surface area contributed by atoms with Crippen LogP contribution in [0.15, 0.2) is 24.8 Å². The van der Waals surface area contributed by atoms with Gasteiger partial charge in [-0.1, -0.05) is 26.5 Å². The second kappa shape index (κ2) is 14.8. The molecule has 15 heteroatoms. The molecule has 1 unspecified atom stereocenters. The van der Waals surface area contributed by atoms with E-state index in [2.05, 4.69) is 26.4 Å². The van der Waals surface area contributed by atoms with Gasteiger partial charge in [-0.15, -0.1) is 0 Å². The summed E-state index contributed by atoms with van der Waals surface area (Å²) >= 11 is 0. The van der Waals surface area contributed by atoms with Crippen molar-refractivity contribution in [1.82, 2.24) is 25.3 Å². The van der Waals surface area contributed by atoms with E-state index >= 15 is 0 Å². The van der Waals surface area contributed by atoms with Crippen molar-refractivity contribution in [1.29, 1.82) is 0 Å². The first kappa shape index (κ1) is 37.4. The fourth-order valence-corrected chi connectivity index (χ4v) is 7.27. The monoisotopic (exact) mass is 718 g/mol. The van der Waals surface area contributed by atoms with Gasteiger partial charge in [0.1, 0.15) is 0 Å². The number of aliphatic carboxylic acids is 2. The molecule has 0 saturated heterocycles. The van der Waals surface area contributed by atoms with Crippen LogP contribution in [0.1, 0.15) is 96.0 Å². The van der Waals surface area contributed by atoms with Crippen molar-refractivity contribution in [2.45, 2.75) is 72.1 Å². The minimum atomic E-state index is -5.01. The third-order valence-electron chi connectivity index (χ3n) is 9.63. The van der Waals surface area contributed by atoms with Gasteiger partial charge in [-0.3, -0.25) is 19.1 Å². The molecule has 8 bridgehead atoms. The highest BCUT2D eigenvalue weighted by Crippen LogP contribution is 2.44. The van der Waals surface area contributed by atoms with Crippen molar-refractivity contribution >= 4 is 65.0 Å². The van der Waals surface area contributed by atoms with Crippen LogP contribution in [0.5, 0.6) is 0 Å². The first-order valence-corrected chi connectivity index (χ1v) is 18.0. The van der Waals surface area contributed by atoms with Crippen LogP contribution in [0.25, 0.3) is 39.3 Å². The average Bonchev–Trinajstić information content (AvgIpc) is 3.73. The van der Waals surface area contributed by atoms with Gasteiger partial charge in [-0.05, 0) is 74.1 Å². The number of phosphoric ester groups is 1. The number of aryl methyl sites for hydroxylation is 3. The van der Waals surface area contributed by atoms with Crippen molar-refractivity contribution in [3.63, 3.8) is 0 Å². The fraction of sp³-hybridized carbons (Fsp3) is 0.361. The van der Waals surface area contributed by atoms with Crippen LogP contribution in [-0.4, -0.2) is 66.0 Å². The van der Waals surface area contributed by atoms with Crippen molar-refractivity contribution in [2.24, 2.45) is 0 Å². The number of H-pyrrole nitrogens is 2. The lowest BCUT2D eigenvalue weighted by Gasteiger charge is -2.18. The number of rotatable bonds is 12. The Morgan fingerprint density at radius 1 is 1.04 bits per heavy atom. The molecule has 0 radical (unpaired) electrons. The van der Waals surface area contributed by atoms with Crippen LogP contribution in [0, 0.1) is 13.8 Å². The van der Waals surface area contributed by atoms with Crippen LogP contribution < -0.4 is 10.2 Å². The molecule has 6 N–H and O–H groups in total. The van der Waals surface area contributed by atoms with E-state index in [1.165, 1.54) is 0 Å². The summed E-state index contributed by atoms with van der Waals surface area (Å²) in [5, 5.41) is 22.7. The first-order valence-electron chi connectivity index (χ1n) is 16.5. The number of aromatic amines is 2. The van der Waals surface area contributed by atoms with Gasteiger partial charge in [0.15, 0.2) is 0 Å². The number of nitrogens with one attached hydrogen (secondary N) is 3. The van der Waals surface area contributed by atoms with Crippen LogP contribution >= 0.6 is 7.82 Å². The maximum atomic E-state index is 13.4. The van der Waals surface area contributed by atoms with Gasteiger partial charge in [0.2, 0.25) is 5.91 Å². The molecule has 0 saturated carbocycles. The third kappa shape index (κ3) is 7.74. The lowest BCUT2D eigenvalue weighted by Crippen LogP contribution is -2.29. The Hall–Kier alpha value is -4.88. The molecule has 5 rings (SSSR count). The Morgan fingerprint density at radius 3 is 2.35 bits per heavy atom. The number of phosphoric acid groups is 1. The van der Waals surface area contributed by atoms with E-state index in [0.29, 0.717) is 29.1 Å². The Balaban J connectivity index is 1.90. The maximum Gasteiger partial charge on any atom is 0.338 e. The van der Waals surface area contributed by atoms with E-state index in [-0.39, 0.29) is 42.1 Å². The highest BCUT2D eigenvalue weighted by molar-refractivity contribution is 7.44. The number of fused-ring (bicyclic) bond motifs is 8. The molecule has 2 aliphatic heterocycles. The van der Waals surface area contributed by atoms with Crippen LogP contribution in [0.4, 0.5) is 0 Å². The lowest BCUT2D eigenvalue weighted by molar-refractivity contribution is -0.219. The molecular formula is C36H41N5O9P-. The number of carboxylic acid groups (broad SMARTS) is 2. The minimum Gasteiger partial charge on any atom is -0.756 e. The first-order chi connectivity index (χ1) is 24.0. The van der Waals surface area contributed by atoms with Gasteiger partial charge >= 0.3 is 11.9 Å². The Kier molecular flexibility index (Phi) is 10.8. The number of carbonyl (C=O) groups is 3. The summed E-state index contributed by atoms with van der Waals surface area (Å²) in [7, 11) is -5.01. The molecule has 14 nitrogen and oxygen atoms in total. The molecule has 3 atom stereocenters. The largest absolute Gasteiger partial charge is 0.756 e. The Bertz CT molecular complexity index is 2190. The molecule has 0 fully saturated rings. The quantitative estimate of drug-likeness (QED) is 0.107. The number of allylic oxidation sites excluding steroid dienone is 1. The minimum absolute atomic E-state index is 0.0251. The highest BCUT2D eigenvalue weighted by Gasteiger charge is 2.35. The van der Waals surface area contributed by atoms with E-state index in [1.54, 1.807) is 19.1 Å². The maximum absolute atomic E-state index is 13.4. The van der Waals surface area contributed by atoms with Crippen molar-refractivity contribution < 1.29 is 43.5 Å². The van der Waals surface area contributed by atoms with Gasteiger partial charge < -0.3 is 39.8 Å². The van der Waals surface area contributed by atoms with Gasteiger partial charge in [0, 0.05) is 63.7 Å². The number of nitrogens with zero attached hydrogens (tertiary/aromatic N) is 2. The summed E-state index contributed by atoms with van der Waals surface area (Å²) in [4.78, 5) is 74.9. The van der Waals surface area contributed by atoms with Crippen LogP contribution in [0.2, 0.25) is 0 Å². The summed E-state index contributed by atoms with van der Waals surface area (Å²) in [6, 6.07) is 5.68. The van der Waals surface area contributed by atoms with Gasteiger partial charge in [0.05, 0.1) is 35.7 Å². The Morgan fingerprint density at radius 2 is 1.73 bits per heavy atom. The lowest BCUT2D eigenvalue weighted by atomic mass is 9.84. The Labute approximate surface area is 294 Å². The number of hydrogen-bond acceptors (Lipinski definition) is 8. The molecule has 51 heavy (non-hydrogen) atoms. The molecule has 1 amide bonds. The van der Waals surface area contributed by atoms with Gasteiger partial charge in [0.25, 0.3) is 7.82 Å². The fourth-order valence-electron chi connectivity index (χ4n) is 6.95. The standard InChI is InChI=1S/C36H42N5O9P/c1-7-21-17(3)25-14-27-19(5)23(9-10-32(43)44)34(40-27)24(13-31(42)37-11-12-50-51(47,48)49)35-33(36(45)46)20(6)28(41-35)16-30-22(8-2)18(4)26(39-30)15-29(21)38-25/h7,14-16,19,23,38-39H,1,8-13H2,2-6H3,(H,37,42)(H,43,44)(H,45,46)(H2,47,48,49)/p-1/t19-,23-/m0/s1. The topological polar surface area (TPSA) is 231 Å². The second-order valence-electron chi connectivity index (χ2n) is 12.7. The number of aromatic nitrogens is 4. The molecule has 5 heterocycles. The number of carbonyl (C=O) groups excluding carboxylic acids is 1. The van der Waals surface area contributed by atoms with E-state index in [4.69, 9.17) is 14.9 Å². The SMILES string of the molecule is C=Cc1c(C)c2cc3nc(c(CC(=O)NCCOP(=O)([O-])O)c4nc(cc5[nH]c(cc1[nH]2)c(C)c5CC)C(C)=C4C(=O)O)[C@@H](CCC(=O)O)[C@@H]3C. The normalized spacial score (nSPS) is 16.9. The molecule has 2 aliphatic rings. The van der Waals surface area contributed by atoms with E-state index < -0.39 is 44.6 Å². The predicted octanol–water partition coefficient (Wildman–Crippen LogP) is 5.04.